The lowest BCUT2D eigenvalue weighted by Crippen LogP contribution is -2.45. The van der Waals surface area contributed by atoms with Crippen molar-refractivity contribution >= 4 is 17.7 Å². The second-order valence-electron chi connectivity index (χ2n) is 3.97. The Labute approximate surface area is 85.0 Å². The van der Waals surface area contributed by atoms with E-state index in [0.717, 1.165) is 12.3 Å². The quantitative estimate of drug-likeness (QED) is 0.652. The summed E-state index contributed by atoms with van der Waals surface area (Å²) in [5.41, 5.74) is -0.127. The van der Waals surface area contributed by atoms with Crippen LogP contribution < -0.4 is 10.6 Å². The van der Waals surface area contributed by atoms with Crippen LogP contribution in [0.25, 0.3) is 0 Å². The Bertz CT molecular complexity index is 154. The molecule has 0 spiro atoms. The molecule has 0 aliphatic carbocycles. The van der Waals surface area contributed by atoms with E-state index in [9.17, 15) is 4.79 Å². The summed E-state index contributed by atoms with van der Waals surface area (Å²) in [6.45, 7) is 7.24. The Morgan fingerprint density at radius 3 is 2.46 bits per heavy atom. The number of nitrogens with one attached hydrogen (secondary N) is 2. The van der Waals surface area contributed by atoms with Crippen LogP contribution in [-0.4, -0.2) is 36.5 Å². The molecule has 0 rings (SSSR count). The molecule has 78 valence electrons. The molecular weight excluding hydrogens is 184 g/mol. The molecular formula is C9H20N2OS. The topological polar surface area (TPSA) is 41.1 Å². The van der Waals surface area contributed by atoms with Gasteiger partial charge in [0, 0.05) is 17.8 Å². The third kappa shape index (κ3) is 9.70. The molecule has 13 heavy (non-hydrogen) atoms. The van der Waals surface area contributed by atoms with Gasteiger partial charge in [-0.25, -0.2) is 0 Å². The van der Waals surface area contributed by atoms with Gasteiger partial charge in [0.25, 0.3) is 0 Å². The molecule has 0 radical (unpaired) electrons. The van der Waals surface area contributed by atoms with Gasteiger partial charge in [0.05, 0.1) is 6.54 Å². The van der Waals surface area contributed by atoms with Crippen LogP contribution in [0.5, 0.6) is 0 Å². The van der Waals surface area contributed by atoms with Crippen molar-refractivity contribution in [2.45, 2.75) is 26.3 Å². The standard InChI is InChI=1S/C9H20N2OS/c1-9(2,3)11-8(12)7-10-5-6-13-4/h10H,5-7H2,1-4H3,(H,11,12). The summed E-state index contributed by atoms with van der Waals surface area (Å²) in [7, 11) is 0. The van der Waals surface area contributed by atoms with Gasteiger partial charge in [0.1, 0.15) is 0 Å². The fraction of sp³-hybridized carbons (Fsp3) is 0.889. The molecule has 0 fully saturated rings. The van der Waals surface area contributed by atoms with E-state index in [0.29, 0.717) is 6.54 Å². The number of carbonyl (C=O) groups is 1. The molecule has 0 aromatic rings. The van der Waals surface area contributed by atoms with Gasteiger partial charge in [0.15, 0.2) is 0 Å². The van der Waals surface area contributed by atoms with Gasteiger partial charge in [-0.3, -0.25) is 4.79 Å². The zero-order valence-corrected chi connectivity index (χ0v) is 9.75. The van der Waals surface area contributed by atoms with E-state index >= 15 is 0 Å². The highest BCUT2D eigenvalue weighted by molar-refractivity contribution is 7.98. The van der Waals surface area contributed by atoms with Gasteiger partial charge in [-0.05, 0) is 27.0 Å². The van der Waals surface area contributed by atoms with Crippen molar-refractivity contribution in [3.8, 4) is 0 Å². The summed E-state index contributed by atoms with van der Waals surface area (Å²) >= 11 is 1.77. The molecule has 0 unspecified atom stereocenters. The van der Waals surface area contributed by atoms with Crippen LogP contribution in [0, 0.1) is 0 Å². The van der Waals surface area contributed by atoms with Crippen LogP contribution in [0.15, 0.2) is 0 Å². The molecule has 0 atom stereocenters. The number of rotatable bonds is 5. The second kappa shape index (κ2) is 6.27. The average molecular weight is 204 g/mol. The number of hydrogen-bond acceptors (Lipinski definition) is 3. The Balaban J connectivity index is 3.41. The average Bonchev–Trinajstić information content (AvgIpc) is 1.94. The molecule has 3 nitrogen and oxygen atoms in total. The van der Waals surface area contributed by atoms with Gasteiger partial charge in [0.2, 0.25) is 5.91 Å². The van der Waals surface area contributed by atoms with E-state index in [1.165, 1.54) is 0 Å². The lowest BCUT2D eigenvalue weighted by atomic mass is 10.1. The Hall–Kier alpha value is -0.220. The summed E-state index contributed by atoms with van der Waals surface area (Å²) in [5.74, 6) is 1.11. The van der Waals surface area contributed by atoms with Crippen molar-refractivity contribution in [3.63, 3.8) is 0 Å². The summed E-state index contributed by atoms with van der Waals surface area (Å²) < 4.78 is 0. The third-order valence-electron chi connectivity index (χ3n) is 1.28. The normalized spacial score (nSPS) is 11.4. The van der Waals surface area contributed by atoms with Gasteiger partial charge in [-0.2, -0.15) is 11.8 Å². The van der Waals surface area contributed by atoms with Gasteiger partial charge in [-0.15, -0.1) is 0 Å². The Morgan fingerprint density at radius 1 is 1.38 bits per heavy atom. The van der Waals surface area contributed by atoms with Crippen molar-refractivity contribution in [2.75, 3.05) is 25.1 Å². The molecule has 2 N–H and O–H groups in total. The lowest BCUT2D eigenvalue weighted by Gasteiger charge is -2.20. The van der Waals surface area contributed by atoms with Crippen LogP contribution in [-0.2, 0) is 4.79 Å². The fourth-order valence-electron chi connectivity index (χ4n) is 0.839. The maximum atomic E-state index is 11.2. The van der Waals surface area contributed by atoms with Crippen LogP contribution in [0.1, 0.15) is 20.8 Å². The minimum absolute atomic E-state index is 0.0635. The van der Waals surface area contributed by atoms with E-state index in [-0.39, 0.29) is 11.4 Å². The van der Waals surface area contributed by atoms with Gasteiger partial charge < -0.3 is 10.6 Å². The van der Waals surface area contributed by atoms with Gasteiger partial charge >= 0.3 is 0 Å². The van der Waals surface area contributed by atoms with Crippen molar-refractivity contribution in [1.29, 1.82) is 0 Å². The zero-order chi connectivity index (χ0) is 10.3. The largest absolute Gasteiger partial charge is 0.350 e. The molecule has 0 aromatic carbocycles. The second-order valence-corrected chi connectivity index (χ2v) is 4.95. The number of amides is 1. The minimum atomic E-state index is -0.127. The van der Waals surface area contributed by atoms with Gasteiger partial charge in [-0.1, -0.05) is 0 Å². The number of hydrogen-bond donors (Lipinski definition) is 2. The van der Waals surface area contributed by atoms with Crippen molar-refractivity contribution in [3.05, 3.63) is 0 Å². The number of carbonyl (C=O) groups excluding carboxylic acids is 1. The molecule has 0 saturated carbocycles. The molecule has 0 bridgehead atoms. The summed E-state index contributed by atoms with van der Waals surface area (Å²) in [6, 6.07) is 0. The monoisotopic (exact) mass is 204 g/mol. The van der Waals surface area contributed by atoms with E-state index in [2.05, 4.69) is 16.9 Å². The fourth-order valence-corrected chi connectivity index (χ4v) is 1.19. The predicted molar refractivity (Wildman–Crippen MR) is 59.1 cm³/mol. The Kier molecular flexibility index (Phi) is 6.16. The first-order chi connectivity index (χ1) is 5.95. The molecule has 0 aliphatic heterocycles. The van der Waals surface area contributed by atoms with Crippen molar-refractivity contribution < 1.29 is 4.79 Å². The maximum Gasteiger partial charge on any atom is 0.234 e. The predicted octanol–water partition coefficient (Wildman–Crippen LogP) is 0.854. The summed E-state index contributed by atoms with van der Waals surface area (Å²) in [5, 5.41) is 5.96. The van der Waals surface area contributed by atoms with Crippen LogP contribution in [0.2, 0.25) is 0 Å². The summed E-state index contributed by atoms with van der Waals surface area (Å²) in [4.78, 5) is 11.2. The smallest absolute Gasteiger partial charge is 0.234 e. The lowest BCUT2D eigenvalue weighted by molar-refractivity contribution is -0.121. The summed E-state index contributed by atoms with van der Waals surface area (Å²) in [6.07, 6.45) is 2.05. The Morgan fingerprint density at radius 2 is 2.00 bits per heavy atom. The highest BCUT2D eigenvalue weighted by Gasteiger charge is 2.12. The first-order valence-corrected chi connectivity index (χ1v) is 5.86. The molecule has 4 heteroatoms. The van der Waals surface area contributed by atoms with Crippen LogP contribution in [0.4, 0.5) is 0 Å². The molecule has 0 saturated heterocycles. The first-order valence-electron chi connectivity index (χ1n) is 4.46. The zero-order valence-electron chi connectivity index (χ0n) is 8.94. The highest BCUT2D eigenvalue weighted by Crippen LogP contribution is 1.97. The van der Waals surface area contributed by atoms with E-state index < -0.39 is 0 Å². The highest BCUT2D eigenvalue weighted by atomic mass is 32.2. The van der Waals surface area contributed by atoms with E-state index in [4.69, 9.17) is 0 Å². The number of thioether (sulfide) groups is 1. The van der Waals surface area contributed by atoms with Crippen LogP contribution >= 0.6 is 11.8 Å². The van der Waals surface area contributed by atoms with Crippen molar-refractivity contribution in [2.24, 2.45) is 0 Å². The third-order valence-corrected chi connectivity index (χ3v) is 1.90. The van der Waals surface area contributed by atoms with E-state index in [1.54, 1.807) is 11.8 Å². The van der Waals surface area contributed by atoms with Crippen molar-refractivity contribution in [1.82, 2.24) is 10.6 Å². The molecule has 1 amide bonds. The molecule has 0 heterocycles. The molecule has 0 aliphatic rings. The maximum absolute atomic E-state index is 11.2. The van der Waals surface area contributed by atoms with E-state index in [1.807, 2.05) is 20.8 Å². The SMILES string of the molecule is CSCCNCC(=O)NC(C)(C)C. The molecule has 0 aromatic heterocycles. The van der Waals surface area contributed by atoms with Crippen LogP contribution in [0.3, 0.4) is 0 Å². The minimum Gasteiger partial charge on any atom is -0.350 e. The first kappa shape index (κ1) is 12.8.